The highest BCUT2D eigenvalue weighted by Gasteiger charge is 2.24. The van der Waals surface area contributed by atoms with Gasteiger partial charge < -0.3 is 5.32 Å². The lowest BCUT2D eigenvalue weighted by Gasteiger charge is -2.14. The maximum atomic E-state index is 12.3. The second-order valence-electron chi connectivity index (χ2n) is 4.99. The molecule has 25 heavy (non-hydrogen) atoms. The predicted octanol–water partition coefficient (Wildman–Crippen LogP) is 2.53. The van der Waals surface area contributed by atoms with E-state index < -0.39 is 15.9 Å². The summed E-state index contributed by atoms with van der Waals surface area (Å²) in [6.45, 7) is -0.293. The van der Waals surface area contributed by atoms with E-state index in [9.17, 15) is 13.2 Å². The highest BCUT2D eigenvalue weighted by Crippen LogP contribution is 2.23. The van der Waals surface area contributed by atoms with Gasteiger partial charge >= 0.3 is 0 Å². The van der Waals surface area contributed by atoms with E-state index in [4.69, 9.17) is 0 Å². The molecule has 0 aliphatic rings. The third-order valence-corrected chi connectivity index (χ3v) is 7.14. The summed E-state index contributed by atoms with van der Waals surface area (Å²) in [7, 11) is -2.29. The average Bonchev–Trinajstić information content (AvgIpc) is 3.27. The first-order chi connectivity index (χ1) is 12.0. The van der Waals surface area contributed by atoms with Gasteiger partial charge in [0.25, 0.3) is 10.0 Å². The minimum atomic E-state index is -3.66. The number of likely N-dealkylation sites (N-methyl/N-ethyl adjacent to an activating group) is 1. The molecule has 0 atom stereocenters. The average molecular weight is 395 g/mol. The summed E-state index contributed by atoms with van der Waals surface area (Å²) < 4.78 is 25.8. The molecule has 3 aromatic rings. The molecule has 0 bridgehead atoms. The molecule has 0 aliphatic heterocycles. The molecule has 0 saturated heterocycles. The third-order valence-electron chi connectivity index (χ3n) is 3.20. The molecule has 130 valence electrons. The highest BCUT2D eigenvalue weighted by molar-refractivity contribution is 7.91. The van der Waals surface area contributed by atoms with E-state index >= 15 is 0 Å². The largest absolute Gasteiger partial charge is 0.301 e. The fourth-order valence-corrected chi connectivity index (χ4v) is 5.02. The normalized spacial score (nSPS) is 11.6. The number of hydrogen-bond acceptors (Lipinski definition) is 7. The van der Waals surface area contributed by atoms with Gasteiger partial charge in [0.15, 0.2) is 5.13 Å². The smallest absolute Gasteiger partial charge is 0.252 e. The Bertz CT molecular complexity index is 953. The number of hydrogen-bond donors (Lipinski definition) is 1. The first kappa shape index (κ1) is 17.7. The second-order valence-corrected chi connectivity index (χ2v) is 9.07. The number of nitrogens with zero attached hydrogens (tertiary/aromatic N) is 3. The van der Waals surface area contributed by atoms with Gasteiger partial charge in [0.2, 0.25) is 5.91 Å². The number of thiazole rings is 1. The van der Waals surface area contributed by atoms with Gasteiger partial charge in [0.05, 0.1) is 12.2 Å². The van der Waals surface area contributed by atoms with E-state index in [2.05, 4.69) is 15.3 Å². The van der Waals surface area contributed by atoms with Crippen molar-refractivity contribution in [2.24, 2.45) is 0 Å². The van der Waals surface area contributed by atoms with Crippen LogP contribution in [-0.2, 0) is 14.8 Å². The molecule has 0 radical (unpaired) electrons. The van der Waals surface area contributed by atoms with Crippen molar-refractivity contribution in [3.05, 3.63) is 47.3 Å². The van der Waals surface area contributed by atoms with Crippen LogP contribution >= 0.6 is 22.7 Å². The summed E-state index contributed by atoms with van der Waals surface area (Å²) in [5.41, 5.74) is 1.36. The predicted molar refractivity (Wildman–Crippen MR) is 98.1 cm³/mol. The number of carbonyl (C=O) groups is 1. The first-order valence-corrected chi connectivity index (χ1v) is 10.3. The number of thiophene rings is 1. The molecule has 0 saturated carbocycles. The molecule has 10 heteroatoms. The summed E-state index contributed by atoms with van der Waals surface area (Å²) in [6, 6.07) is 8.64. The molecule has 3 rings (SSSR count). The summed E-state index contributed by atoms with van der Waals surface area (Å²) in [5.74, 6) is -0.454. The Kier molecular flexibility index (Phi) is 5.23. The van der Waals surface area contributed by atoms with E-state index in [1.54, 1.807) is 23.0 Å². The van der Waals surface area contributed by atoms with Crippen LogP contribution in [0, 0.1) is 0 Å². The molecule has 0 fully saturated rings. The molecular weight excluding hydrogens is 380 g/mol. The van der Waals surface area contributed by atoms with Crippen molar-refractivity contribution in [2.75, 3.05) is 18.9 Å². The van der Waals surface area contributed by atoms with E-state index in [0.717, 1.165) is 15.6 Å². The van der Waals surface area contributed by atoms with Crippen LogP contribution in [0.2, 0.25) is 0 Å². The second kappa shape index (κ2) is 7.40. The Labute approximate surface area is 153 Å². The van der Waals surface area contributed by atoms with Crippen LogP contribution in [0.4, 0.5) is 5.13 Å². The van der Waals surface area contributed by atoms with E-state index in [1.807, 2.05) is 18.2 Å². The van der Waals surface area contributed by atoms with Gasteiger partial charge in [-0.05, 0) is 23.6 Å². The molecule has 0 aliphatic carbocycles. The number of pyridine rings is 1. The van der Waals surface area contributed by atoms with Crippen LogP contribution in [0.15, 0.2) is 51.5 Å². The topological polar surface area (TPSA) is 92.3 Å². The van der Waals surface area contributed by atoms with Gasteiger partial charge in [0.1, 0.15) is 9.90 Å². The lowest BCUT2D eigenvalue weighted by Crippen LogP contribution is -2.34. The van der Waals surface area contributed by atoms with Crippen molar-refractivity contribution < 1.29 is 13.2 Å². The van der Waals surface area contributed by atoms with Crippen molar-refractivity contribution in [1.29, 1.82) is 0 Å². The van der Waals surface area contributed by atoms with Gasteiger partial charge in [-0.15, -0.1) is 22.7 Å². The molecule has 1 amide bonds. The zero-order valence-electron chi connectivity index (χ0n) is 13.1. The number of carbonyl (C=O) groups excluding carboxylic acids is 1. The van der Waals surface area contributed by atoms with E-state index in [-0.39, 0.29) is 10.8 Å². The zero-order valence-corrected chi connectivity index (χ0v) is 15.6. The van der Waals surface area contributed by atoms with Gasteiger partial charge in [-0.3, -0.25) is 9.78 Å². The fraction of sp³-hybridized carbons (Fsp3) is 0.133. The van der Waals surface area contributed by atoms with Gasteiger partial charge in [-0.25, -0.2) is 13.4 Å². The zero-order chi connectivity index (χ0) is 17.9. The van der Waals surface area contributed by atoms with Crippen LogP contribution in [0.25, 0.3) is 11.4 Å². The van der Waals surface area contributed by atoms with Crippen LogP contribution < -0.4 is 5.32 Å². The quantitative estimate of drug-likeness (QED) is 0.694. The molecule has 0 unspecified atom stereocenters. The van der Waals surface area contributed by atoms with Crippen molar-refractivity contribution >= 4 is 43.7 Å². The Hall–Kier alpha value is -2.14. The Morgan fingerprint density at radius 1 is 1.20 bits per heavy atom. The SMILES string of the molecule is CN(CC(=O)Nc1nc(-c2ccccn2)cs1)S(=O)(=O)c1cccs1. The summed E-state index contributed by atoms with van der Waals surface area (Å²) in [4.78, 5) is 20.6. The molecule has 3 heterocycles. The molecule has 3 aromatic heterocycles. The standard InChI is InChI=1S/C15H14N4O3S3/c1-19(25(21,22)14-6-4-8-23-14)9-13(20)18-15-17-12(10-24-15)11-5-2-3-7-16-11/h2-8,10H,9H2,1H3,(H,17,18,20). The number of sulfonamides is 1. The van der Waals surface area contributed by atoms with E-state index in [1.165, 1.54) is 24.5 Å². The Morgan fingerprint density at radius 2 is 2.04 bits per heavy atom. The maximum absolute atomic E-state index is 12.3. The number of amides is 1. The van der Waals surface area contributed by atoms with Crippen molar-refractivity contribution in [3.8, 4) is 11.4 Å². The molecular formula is C15H14N4O3S3. The van der Waals surface area contributed by atoms with Gasteiger partial charge in [-0.1, -0.05) is 12.1 Å². The van der Waals surface area contributed by atoms with Crippen LogP contribution in [0.1, 0.15) is 0 Å². The Balaban J connectivity index is 1.64. The van der Waals surface area contributed by atoms with Crippen LogP contribution in [0.5, 0.6) is 0 Å². The van der Waals surface area contributed by atoms with Gasteiger partial charge in [-0.2, -0.15) is 4.31 Å². The maximum Gasteiger partial charge on any atom is 0.252 e. The molecule has 1 N–H and O–H groups in total. The summed E-state index contributed by atoms with van der Waals surface area (Å²) >= 11 is 2.37. The summed E-state index contributed by atoms with van der Waals surface area (Å²) in [5, 5.41) is 6.47. The van der Waals surface area contributed by atoms with Gasteiger partial charge in [0, 0.05) is 18.6 Å². The number of anilines is 1. The summed E-state index contributed by atoms with van der Waals surface area (Å²) in [6.07, 6.45) is 1.66. The Morgan fingerprint density at radius 3 is 2.72 bits per heavy atom. The first-order valence-electron chi connectivity index (χ1n) is 7.13. The van der Waals surface area contributed by atoms with Crippen molar-refractivity contribution in [1.82, 2.24) is 14.3 Å². The lowest BCUT2D eigenvalue weighted by molar-refractivity contribution is -0.116. The minimum Gasteiger partial charge on any atom is -0.301 e. The fourth-order valence-electron chi connectivity index (χ4n) is 1.97. The molecule has 0 spiro atoms. The number of rotatable bonds is 6. The highest BCUT2D eigenvalue weighted by atomic mass is 32.2. The van der Waals surface area contributed by atoms with E-state index in [0.29, 0.717) is 16.5 Å². The lowest BCUT2D eigenvalue weighted by atomic mass is 10.3. The minimum absolute atomic E-state index is 0.203. The van der Waals surface area contributed by atoms with Crippen LogP contribution in [0.3, 0.4) is 0 Å². The van der Waals surface area contributed by atoms with Crippen molar-refractivity contribution in [3.63, 3.8) is 0 Å². The number of nitrogens with one attached hydrogen (secondary N) is 1. The van der Waals surface area contributed by atoms with Crippen LogP contribution in [-0.4, -0.2) is 42.2 Å². The third kappa shape index (κ3) is 4.10. The van der Waals surface area contributed by atoms with Crippen molar-refractivity contribution in [2.45, 2.75) is 4.21 Å². The monoisotopic (exact) mass is 394 g/mol. The molecule has 0 aromatic carbocycles. The number of aromatic nitrogens is 2. The molecule has 7 nitrogen and oxygen atoms in total.